The number of halogens is 2. The molecule has 0 fully saturated rings. The van der Waals surface area contributed by atoms with Crippen molar-refractivity contribution in [2.24, 2.45) is 5.10 Å². The summed E-state index contributed by atoms with van der Waals surface area (Å²) in [4.78, 5) is 29.0. The van der Waals surface area contributed by atoms with Gasteiger partial charge in [0.05, 0.1) is 16.3 Å². The van der Waals surface area contributed by atoms with Crippen LogP contribution in [0.25, 0.3) is 0 Å². The van der Waals surface area contributed by atoms with E-state index < -0.39 is 17.6 Å². The number of aromatic nitrogens is 1. The Morgan fingerprint density at radius 3 is 2.71 bits per heavy atom. The van der Waals surface area contributed by atoms with E-state index in [0.717, 1.165) is 6.42 Å². The Labute approximate surface area is 182 Å². The van der Waals surface area contributed by atoms with E-state index in [2.05, 4.69) is 20.8 Å². The van der Waals surface area contributed by atoms with Crippen molar-refractivity contribution >= 4 is 34.9 Å². The second kappa shape index (κ2) is 8.69. The van der Waals surface area contributed by atoms with E-state index in [1.807, 2.05) is 0 Å². The molecule has 2 heterocycles. The number of fused-ring (bicyclic) bond motifs is 1. The first-order valence-electron chi connectivity index (χ1n) is 9.61. The summed E-state index contributed by atoms with van der Waals surface area (Å²) in [5, 5.41) is 7.33. The summed E-state index contributed by atoms with van der Waals surface area (Å²) in [5.74, 6) is -0.608. The van der Waals surface area contributed by atoms with E-state index in [4.69, 9.17) is 16.0 Å². The van der Waals surface area contributed by atoms with Gasteiger partial charge in [-0.05, 0) is 44.0 Å². The van der Waals surface area contributed by atoms with Crippen LogP contribution >= 0.6 is 11.6 Å². The average molecular weight is 441 g/mol. The number of pyridine rings is 1. The molecule has 0 spiro atoms. The number of furan rings is 1. The number of nitrogens with one attached hydrogen (secondary N) is 2. The maximum atomic E-state index is 13.8. The highest BCUT2D eigenvalue weighted by atomic mass is 35.5. The van der Waals surface area contributed by atoms with Crippen LogP contribution in [0, 0.1) is 12.7 Å². The first-order valence-corrected chi connectivity index (χ1v) is 9.99. The van der Waals surface area contributed by atoms with Crippen molar-refractivity contribution in [3.8, 4) is 0 Å². The Hall–Kier alpha value is -3.52. The zero-order valence-corrected chi connectivity index (χ0v) is 17.3. The zero-order chi connectivity index (χ0) is 22.0. The maximum Gasteiger partial charge on any atom is 0.292 e. The van der Waals surface area contributed by atoms with Crippen molar-refractivity contribution in [2.75, 3.05) is 5.32 Å². The Morgan fingerprint density at radius 2 is 1.97 bits per heavy atom. The molecule has 1 aliphatic carbocycles. The predicted octanol–water partition coefficient (Wildman–Crippen LogP) is 4.50. The molecular formula is C22H18ClFN4O3. The average Bonchev–Trinajstić information content (AvgIpc) is 3.11. The van der Waals surface area contributed by atoms with Crippen LogP contribution in [0.1, 0.15) is 50.6 Å². The number of aryl methyl sites for hydroxylation is 1. The quantitative estimate of drug-likeness (QED) is 0.584. The lowest BCUT2D eigenvalue weighted by Gasteiger charge is -2.13. The van der Waals surface area contributed by atoms with E-state index >= 15 is 0 Å². The van der Waals surface area contributed by atoms with Gasteiger partial charge in [-0.1, -0.05) is 23.7 Å². The molecule has 9 heteroatoms. The van der Waals surface area contributed by atoms with Crippen molar-refractivity contribution in [1.29, 1.82) is 0 Å². The first-order chi connectivity index (χ1) is 14.9. The number of hydrogen-bond donors (Lipinski definition) is 2. The Balaban J connectivity index is 1.57. The minimum atomic E-state index is -0.648. The normalized spacial score (nSPS) is 14.2. The maximum absolute atomic E-state index is 13.8. The molecule has 2 amide bonds. The van der Waals surface area contributed by atoms with Crippen molar-refractivity contribution in [1.82, 2.24) is 10.4 Å². The minimum absolute atomic E-state index is 0.0951. The molecule has 7 nitrogen and oxygen atoms in total. The van der Waals surface area contributed by atoms with E-state index in [0.29, 0.717) is 46.3 Å². The van der Waals surface area contributed by atoms with Crippen LogP contribution in [0.4, 0.5) is 10.2 Å². The molecule has 0 atom stereocenters. The first kappa shape index (κ1) is 20.7. The number of hydrazone groups is 1. The molecule has 1 aromatic carbocycles. The fourth-order valence-electron chi connectivity index (χ4n) is 3.44. The molecule has 158 valence electrons. The summed E-state index contributed by atoms with van der Waals surface area (Å²) >= 11 is 5.82. The van der Waals surface area contributed by atoms with E-state index in [1.54, 1.807) is 25.1 Å². The van der Waals surface area contributed by atoms with Crippen LogP contribution in [0.5, 0.6) is 0 Å². The summed E-state index contributed by atoms with van der Waals surface area (Å²) in [7, 11) is 0. The van der Waals surface area contributed by atoms with E-state index in [1.165, 1.54) is 24.4 Å². The fraction of sp³-hybridized carbons (Fsp3) is 0.182. The lowest BCUT2D eigenvalue weighted by Crippen LogP contribution is -2.23. The number of anilines is 1. The fourth-order valence-corrected chi connectivity index (χ4v) is 3.56. The molecule has 2 N–H and O–H groups in total. The van der Waals surface area contributed by atoms with Crippen LogP contribution in [0.15, 0.2) is 52.1 Å². The number of amides is 2. The Morgan fingerprint density at radius 1 is 1.16 bits per heavy atom. The SMILES string of the molecule is Cc1c(C(=O)Nc2ccc(Cl)cn2)oc2c1/C(=N/NC(=O)c1ccccc1F)CCC2. The molecule has 0 unspecified atom stereocenters. The van der Waals surface area contributed by atoms with Crippen LogP contribution in [0.3, 0.4) is 0 Å². The summed E-state index contributed by atoms with van der Waals surface area (Å²) in [6.45, 7) is 1.76. The minimum Gasteiger partial charge on any atom is -0.455 e. The third kappa shape index (κ3) is 4.34. The molecule has 31 heavy (non-hydrogen) atoms. The van der Waals surface area contributed by atoms with Gasteiger partial charge in [0.1, 0.15) is 17.4 Å². The second-order valence-electron chi connectivity index (χ2n) is 7.00. The van der Waals surface area contributed by atoms with Crippen LogP contribution in [-0.4, -0.2) is 22.5 Å². The van der Waals surface area contributed by atoms with E-state index in [-0.39, 0.29) is 11.3 Å². The molecule has 1 aliphatic rings. The van der Waals surface area contributed by atoms with Gasteiger partial charge >= 0.3 is 0 Å². The highest BCUT2D eigenvalue weighted by molar-refractivity contribution is 6.30. The number of benzene rings is 1. The summed E-state index contributed by atoms with van der Waals surface area (Å²) in [5.41, 5.74) is 4.19. The Bertz CT molecular complexity index is 1190. The third-order valence-electron chi connectivity index (χ3n) is 4.91. The smallest absolute Gasteiger partial charge is 0.292 e. The summed E-state index contributed by atoms with van der Waals surface area (Å²) < 4.78 is 19.6. The van der Waals surface area contributed by atoms with Gasteiger partial charge in [0.25, 0.3) is 11.8 Å². The molecule has 3 aromatic rings. The number of carbonyl (C=O) groups excluding carboxylic acids is 2. The monoisotopic (exact) mass is 440 g/mol. The molecular weight excluding hydrogens is 423 g/mol. The second-order valence-corrected chi connectivity index (χ2v) is 7.44. The van der Waals surface area contributed by atoms with Crippen molar-refractivity contribution in [3.63, 3.8) is 0 Å². The Kier molecular flexibility index (Phi) is 5.81. The number of nitrogens with zero attached hydrogens (tertiary/aromatic N) is 2. The van der Waals surface area contributed by atoms with Gasteiger partial charge in [-0.3, -0.25) is 9.59 Å². The van der Waals surface area contributed by atoms with E-state index in [9.17, 15) is 14.0 Å². The third-order valence-corrected chi connectivity index (χ3v) is 5.14. The molecule has 0 saturated carbocycles. The van der Waals surface area contributed by atoms with Gasteiger partial charge in [-0.25, -0.2) is 14.8 Å². The topological polar surface area (TPSA) is 96.6 Å². The molecule has 0 saturated heterocycles. The predicted molar refractivity (Wildman–Crippen MR) is 114 cm³/mol. The van der Waals surface area contributed by atoms with Gasteiger partial charge in [-0.2, -0.15) is 5.10 Å². The van der Waals surface area contributed by atoms with Gasteiger partial charge in [-0.15, -0.1) is 0 Å². The summed E-state index contributed by atoms with van der Waals surface area (Å²) in [6.07, 6.45) is 3.40. The lowest BCUT2D eigenvalue weighted by molar-refractivity contribution is 0.0949. The van der Waals surface area contributed by atoms with Crippen molar-refractivity contribution in [3.05, 3.63) is 81.6 Å². The number of rotatable bonds is 4. The number of hydrogen-bond acceptors (Lipinski definition) is 5. The van der Waals surface area contributed by atoms with Crippen molar-refractivity contribution < 1.29 is 18.4 Å². The molecule has 2 aromatic heterocycles. The van der Waals surface area contributed by atoms with Gasteiger partial charge in [0.2, 0.25) is 0 Å². The van der Waals surface area contributed by atoms with Crippen molar-refractivity contribution in [2.45, 2.75) is 26.2 Å². The van der Waals surface area contributed by atoms with Crippen LogP contribution < -0.4 is 10.7 Å². The molecule has 0 bridgehead atoms. The largest absolute Gasteiger partial charge is 0.455 e. The molecule has 0 radical (unpaired) electrons. The van der Waals surface area contributed by atoms with Gasteiger partial charge < -0.3 is 9.73 Å². The highest BCUT2D eigenvalue weighted by Crippen LogP contribution is 2.30. The van der Waals surface area contributed by atoms with Gasteiger partial charge in [0, 0.05) is 23.7 Å². The summed E-state index contributed by atoms with van der Waals surface area (Å²) in [6, 6.07) is 8.88. The number of carbonyl (C=O) groups is 2. The molecule has 4 rings (SSSR count). The van der Waals surface area contributed by atoms with Gasteiger partial charge in [0.15, 0.2) is 5.76 Å². The highest BCUT2D eigenvalue weighted by Gasteiger charge is 2.28. The van der Waals surface area contributed by atoms with Crippen LogP contribution in [0.2, 0.25) is 5.02 Å². The zero-order valence-electron chi connectivity index (χ0n) is 16.5. The van der Waals surface area contributed by atoms with Crippen LogP contribution in [-0.2, 0) is 6.42 Å². The standard InChI is InChI=1S/C22H18ClFN4O3/c1-12-19-16(27-28-21(29)14-5-2-3-6-15(14)24)7-4-8-17(19)31-20(12)22(30)26-18-10-9-13(23)11-25-18/h2-3,5-6,9-11H,4,7-8H2,1H3,(H,28,29)(H,25,26,30)/b27-16+. The molecule has 0 aliphatic heterocycles. The lowest BCUT2D eigenvalue weighted by atomic mass is 9.93.